The maximum atomic E-state index is 10.4. The molecular weight excluding hydrogens is 410 g/mol. The SMILES string of the molecule is [B]C([B])([B])Oc1nc2c(c(Cl)c1-c1c(O)cccc1Cl)OC[C@H]1CNCCN1C2. The number of aromatic nitrogens is 1. The molecule has 6 nitrogen and oxygen atoms in total. The molecule has 0 unspecified atom stereocenters. The predicted octanol–water partition coefficient (Wildman–Crippen LogP) is 1.42. The van der Waals surface area contributed by atoms with Gasteiger partial charge in [0.2, 0.25) is 5.88 Å². The highest BCUT2D eigenvalue weighted by Gasteiger charge is 2.33. The lowest BCUT2D eigenvalue weighted by molar-refractivity contribution is 0.119. The fourth-order valence-corrected chi connectivity index (χ4v) is 4.19. The number of aromatic hydroxyl groups is 1. The molecule has 29 heavy (non-hydrogen) atoms. The van der Waals surface area contributed by atoms with E-state index < -0.39 is 5.30 Å². The second kappa shape index (κ2) is 7.95. The number of pyridine rings is 1. The van der Waals surface area contributed by atoms with Crippen molar-refractivity contribution in [3.05, 3.63) is 33.9 Å². The Labute approximate surface area is 183 Å². The van der Waals surface area contributed by atoms with E-state index in [1.54, 1.807) is 12.1 Å². The lowest BCUT2D eigenvalue weighted by atomic mass is 9.52. The molecular formula is C18H16B3Cl2N3O3. The van der Waals surface area contributed by atoms with Crippen molar-refractivity contribution < 1.29 is 14.6 Å². The molecule has 1 aromatic carbocycles. The van der Waals surface area contributed by atoms with Gasteiger partial charge in [0.15, 0.2) is 5.75 Å². The topological polar surface area (TPSA) is 66.8 Å². The number of hydrogen-bond donors (Lipinski definition) is 2. The van der Waals surface area contributed by atoms with Crippen LogP contribution in [0.15, 0.2) is 18.2 Å². The number of fused-ring (bicyclic) bond motifs is 2. The van der Waals surface area contributed by atoms with Crippen molar-refractivity contribution in [2.24, 2.45) is 0 Å². The number of phenolic OH excluding ortho intramolecular Hbond substituents is 1. The highest BCUT2D eigenvalue weighted by molar-refractivity contribution is 6.58. The van der Waals surface area contributed by atoms with Gasteiger partial charge in [0.05, 0.1) is 21.7 Å². The van der Waals surface area contributed by atoms with Crippen LogP contribution in [0.25, 0.3) is 11.1 Å². The van der Waals surface area contributed by atoms with Crippen molar-refractivity contribution in [1.29, 1.82) is 0 Å². The van der Waals surface area contributed by atoms with E-state index in [2.05, 4.69) is 15.2 Å². The number of piperazine rings is 1. The average molecular weight is 426 g/mol. The molecule has 1 aromatic heterocycles. The molecule has 2 N–H and O–H groups in total. The first-order valence-corrected chi connectivity index (χ1v) is 9.83. The number of nitrogens with one attached hydrogen (secondary N) is 1. The first kappa shape index (κ1) is 20.7. The lowest BCUT2D eigenvalue weighted by Gasteiger charge is -2.33. The highest BCUT2D eigenvalue weighted by Crippen LogP contribution is 2.49. The van der Waals surface area contributed by atoms with E-state index >= 15 is 0 Å². The largest absolute Gasteiger partial charge is 0.507 e. The highest BCUT2D eigenvalue weighted by atomic mass is 35.5. The van der Waals surface area contributed by atoms with Gasteiger partial charge in [0.25, 0.3) is 0 Å². The Hall–Kier alpha value is -1.54. The fourth-order valence-electron chi connectivity index (χ4n) is 3.58. The Morgan fingerprint density at radius 3 is 2.79 bits per heavy atom. The Kier molecular flexibility index (Phi) is 5.68. The van der Waals surface area contributed by atoms with E-state index in [-0.39, 0.29) is 38.8 Å². The molecule has 3 heterocycles. The molecule has 4 rings (SSSR count). The Balaban J connectivity index is 1.90. The number of halogens is 2. The molecule has 2 aromatic rings. The fraction of sp³-hybridized carbons (Fsp3) is 0.389. The molecule has 11 heteroatoms. The molecule has 0 bridgehead atoms. The summed E-state index contributed by atoms with van der Waals surface area (Å²) in [4.78, 5) is 6.82. The third-order valence-corrected chi connectivity index (χ3v) is 5.57. The molecule has 1 fully saturated rings. The second-order valence-corrected chi connectivity index (χ2v) is 7.90. The zero-order chi connectivity index (χ0) is 20.8. The zero-order valence-electron chi connectivity index (χ0n) is 15.5. The van der Waals surface area contributed by atoms with Gasteiger partial charge < -0.3 is 19.9 Å². The normalized spacial score (nSPS) is 19.6. The summed E-state index contributed by atoms with van der Waals surface area (Å²) >= 11 is 13.1. The van der Waals surface area contributed by atoms with Gasteiger partial charge in [-0.3, -0.25) is 4.90 Å². The molecule has 2 aliphatic heterocycles. The van der Waals surface area contributed by atoms with Crippen LogP contribution >= 0.6 is 23.2 Å². The molecule has 0 spiro atoms. The maximum absolute atomic E-state index is 10.4. The van der Waals surface area contributed by atoms with Gasteiger partial charge >= 0.3 is 0 Å². The molecule has 1 saturated heterocycles. The number of rotatable bonds is 3. The van der Waals surface area contributed by atoms with Gasteiger partial charge in [-0.1, -0.05) is 29.3 Å². The summed E-state index contributed by atoms with van der Waals surface area (Å²) in [5, 5.41) is 12.2. The van der Waals surface area contributed by atoms with Crippen LogP contribution in [0.5, 0.6) is 17.4 Å². The van der Waals surface area contributed by atoms with Crippen molar-refractivity contribution in [1.82, 2.24) is 15.2 Å². The minimum Gasteiger partial charge on any atom is -0.507 e. The number of ether oxygens (including phenoxy) is 2. The third kappa shape index (κ3) is 4.19. The van der Waals surface area contributed by atoms with E-state index in [0.717, 1.165) is 19.6 Å². The number of benzene rings is 1. The average Bonchev–Trinajstić information content (AvgIpc) is 2.82. The molecule has 2 aliphatic rings. The number of hydrogen-bond acceptors (Lipinski definition) is 6. The van der Waals surface area contributed by atoms with Crippen molar-refractivity contribution in [2.75, 3.05) is 26.2 Å². The monoisotopic (exact) mass is 425 g/mol. The standard InChI is InChI=1S/C18H16B3Cl2N3O3/c19-18(20,21)29-17-14(13-10(22)2-1-3-12(13)27)15(23)16-11(25-17)7-26-5-4-24-6-9(26)8-28-16/h1-3,9,24,27H,4-8H2/t9-/m1/s1. The molecule has 144 valence electrons. The van der Waals surface area contributed by atoms with Crippen molar-refractivity contribution in [3.8, 4) is 28.5 Å². The van der Waals surface area contributed by atoms with E-state index in [9.17, 15) is 5.11 Å². The lowest BCUT2D eigenvalue weighted by Crippen LogP contribution is -2.52. The van der Waals surface area contributed by atoms with E-state index in [4.69, 9.17) is 56.2 Å². The van der Waals surface area contributed by atoms with Crippen LogP contribution < -0.4 is 14.8 Å². The first-order valence-electron chi connectivity index (χ1n) is 9.08. The molecule has 0 aliphatic carbocycles. The molecule has 1 atom stereocenters. The predicted molar refractivity (Wildman–Crippen MR) is 115 cm³/mol. The van der Waals surface area contributed by atoms with Crippen molar-refractivity contribution in [3.63, 3.8) is 0 Å². The Morgan fingerprint density at radius 2 is 2.07 bits per heavy atom. The summed E-state index contributed by atoms with van der Waals surface area (Å²) in [7, 11) is 17.0. The van der Waals surface area contributed by atoms with Crippen molar-refractivity contribution >= 4 is 46.7 Å². The van der Waals surface area contributed by atoms with Gasteiger partial charge in [-0.15, -0.1) is 0 Å². The van der Waals surface area contributed by atoms with E-state index in [0.29, 0.717) is 24.6 Å². The summed E-state index contributed by atoms with van der Waals surface area (Å²) < 4.78 is 11.5. The van der Waals surface area contributed by atoms with Gasteiger partial charge in [-0.2, -0.15) is 0 Å². The van der Waals surface area contributed by atoms with Crippen LogP contribution in [0.3, 0.4) is 0 Å². The molecule has 6 radical (unpaired) electrons. The smallest absolute Gasteiger partial charge is 0.221 e. The summed E-state index contributed by atoms with van der Waals surface area (Å²) in [6.07, 6.45) is 0. The van der Waals surface area contributed by atoms with Gasteiger partial charge in [0.1, 0.15) is 41.6 Å². The molecule has 0 amide bonds. The van der Waals surface area contributed by atoms with Gasteiger partial charge in [0, 0.05) is 31.7 Å². The van der Waals surface area contributed by atoms with Crippen LogP contribution in [0.2, 0.25) is 10.0 Å². The van der Waals surface area contributed by atoms with Crippen LogP contribution in [0.4, 0.5) is 0 Å². The van der Waals surface area contributed by atoms with Gasteiger partial charge in [-0.05, 0) is 17.4 Å². The number of phenols is 1. The minimum atomic E-state index is -2.01. The maximum Gasteiger partial charge on any atom is 0.221 e. The zero-order valence-corrected chi connectivity index (χ0v) is 17.0. The summed E-state index contributed by atoms with van der Waals surface area (Å²) in [6, 6.07) is 4.86. The Morgan fingerprint density at radius 1 is 1.28 bits per heavy atom. The first-order chi connectivity index (χ1) is 13.7. The summed E-state index contributed by atoms with van der Waals surface area (Å²) in [5.74, 6) is 0.249. The summed E-state index contributed by atoms with van der Waals surface area (Å²) in [5.41, 5.74) is 0.993. The quantitative estimate of drug-likeness (QED) is 0.725. The van der Waals surface area contributed by atoms with E-state index in [1.807, 2.05) is 0 Å². The van der Waals surface area contributed by atoms with Crippen molar-refractivity contribution in [2.45, 2.75) is 17.9 Å². The van der Waals surface area contributed by atoms with Crippen LogP contribution in [-0.4, -0.2) is 76.1 Å². The van der Waals surface area contributed by atoms with Gasteiger partial charge in [-0.25, -0.2) is 4.98 Å². The Bertz CT molecular complexity index is 923. The molecule has 0 saturated carbocycles. The second-order valence-electron chi connectivity index (χ2n) is 7.11. The number of nitrogens with zero attached hydrogens (tertiary/aromatic N) is 2. The van der Waals surface area contributed by atoms with Crippen LogP contribution in [0, 0.1) is 0 Å². The summed E-state index contributed by atoms with van der Waals surface area (Å²) in [6.45, 7) is 3.44. The van der Waals surface area contributed by atoms with Crippen LogP contribution in [0.1, 0.15) is 5.69 Å². The third-order valence-electron chi connectivity index (χ3n) is 4.89. The van der Waals surface area contributed by atoms with E-state index in [1.165, 1.54) is 6.07 Å². The minimum absolute atomic E-state index is 0.0400. The van der Waals surface area contributed by atoms with Crippen LogP contribution in [-0.2, 0) is 6.54 Å².